The quantitative estimate of drug-likeness (QED) is 0.748. The van der Waals surface area contributed by atoms with Crippen LogP contribution in [-0.2, 0) is 5.88 Å². The number of thiazole rings is 1. The number of hydrogen-bond donors (Lipinski definition) is 0. The third-order valence-corrected chi connectivity index (χ3v) is 3.55. The van der Waals surface area contributed by atoms with Crippen LogP contribution < -0.4 is 0 Å². The van der Waals surface area contributed by atoms with Gasteiger partial charge in [0.05, 0.1) is 5.88 Å². The van der Waals surface area contributed by atoms with Crippen molar-refractivity contribution in [3.05, 3.63) is 34.5 Å². The number of nitrogens with zero attached hydrogens (tertiary/aromatic N) is 2. The number of aryl methyl sites for hydroxylation is 2. The summed E-state index contributed by atoms with van der Waals surface area (Å²) in [6.07, 6.45) is 3.68. The maximum Gasteiger partial charge on any atom is 0.142 e. The molecule has 2 aromatic heterocycles. The lowest BCUT2D eigenvalue weighted by molar-refractivity contribution is 1.21. The molecule has 0 atom stereocenters. The van der Waals surface area contributed by atoms with Crippen molar-refractivity contribution in [2.75, 3.05) is 0 Å². The molecule has 0 amide bonds. The molecule has 0 N–H and O–H groups in total. The second kappa shape index (κ2) is 4.29. The van der Waals surface area contributed by atoms with Gasteiger partial charge in [-0.25, -0.2) is 4.98 Å². The second-order valence-corrected chi connectivity index (χ2v) is 4.83. The smallest absolute Gasteiger partial charge is 0.142 e. The fourth-order valence-electron chi connectivity index (χ4n) is 1.42. The predicted octanol–water partition coefficient (Wildman–Crippen LogP) is 3.56. The van der Waals surface area contributed by atoms with Crippen molar-refractivity contribution in [3.8, 4) is 10.7 Å². The average Bonchev–Trinajstić information content (AvgIpc) is 2.66. The van der Waals surface area contributed by atoms with E-state index >= 15 is 0 Å². The van der Waals surface area contributed by atoms with Crippen LogP contribution in [0.2, 0.25) is 0 Å². The first-order valence-corrected chi connectivity index (χ1v) is 6.00. The van der Waals surface area contributed by atoms with Crippen molar-refractivity contribution in [1.29, 1.82) is 0 Å². The van der Waals surface area contributed by atoms with Gasteiger partial charge in [-0.3, -0.25) is 4.98 Å². The van der Waals surface area contributed by atoms with E-state index in [9.17, 15) is 0 Å². The van der Waals surface area contributed by atoms with Crippen LogP contribution in [0, 0.1) is 13.8 Å². The Morgan fingerprint density at radius 1 is 1.27 bits per heavy atom. The Hall–Kier alpha value is -0.930. The first kappa shape index (κ1) is 10.6. The SMILES string of the molecule is Cc1cnc(-c2ncc(CCl)s2)c(C)c1. The van der Waals surface area contributed by atoms with E-state index in [1.54, 1.807) is 11.3 Å². The molecule has 0 saturated carbocycles. The summed E-state index contributed by atoms with van der Waals surface area (Å²) < 4.78 is 0. The van der Waals surface area contributed by atoms with E-state index in [0.29, 0.717) is 5.88 Å². The number of hydrogen-bond acceptors (Lipinski definition) is 3. The van der Waals surface area contributed by atoms with Crippen LogP contribution >= 0.6 is 22.9 Å². The highest BCUT2D eigenvalue weighted by atomic mass is 35.5. The maximum absolute atomic E-state index is 5.74. The molecule has 0 bridgehead atoms. The number of aromatic nitrogens is 2. The Balaban J connectivity index is 2.44. The highest BCUT2D eigenvalue weighted by Gasteiger charge is 2.08. The highest BCUT2D eigenvalue weighted by Crippen LogP contribution is 2.27. The summed E-state index contributed by atoms with van der Waals surface area (Å²) in [4.78, 5) is 9.80. The van der Waals surface area contributed by atoms with Gasteiger partial charge < -0.3 is 0 Å². The number of rotatable bonds is 2. The molecular weight excluding hydrogens is 228 g/mol. The van der Waals surface area contributed by atoms with Crippen molar-refractivity contribution >= 4 is 22.9 Å². The molecule has 2 rings (SSSR count). The lowest BCUT2D eigenvalue weighted by Gasteiger charge is -2.01. The van der Waals surface area contributed by atoms with Crippen LogP contribution in [0.1, 0.15) is 16.0 Å². The summed E-state index contributed by atoms with van der Waals surface area (Å²) in [5.74, 6) is 0.516. The molecule has 2 heterocycles. The fraction of sp³-hybridized carbons (Fsp3) is 0.273. The van der Waals surface area contributed by atoms with E-state index in [1.165, 1.54) is 5.56 Å². The fourth-order valence-corrected chi connectivity index (χ4v) is 2.47. The zero-order chi connectivity index (χ0) is 10.8. The largest absolute Gasteiger partial charge is 0.253 e. The minimum Gasteiger partial charge on any atom is -0.253 e. The first-order valence-electron chi connectivity index (χ1n) is 4.65. The van der Waals surface area contributed by atoms with E-state index in [-0.39, 0.29) is 0 Å². The van der Waals surface area contributed by atoms with Gasteiger partial charge in [0.25, 0.3) is 0 Å². The first-order chi connectivity index (χ1) is 7.20. The molecule has 0 fully saturated rings. The molecule has 4 heteroatoms. The molecule has 0 radical (unpaired) electrons. The Bertz CT molecular complexity index is 479. The number of alkyl halides is 1. The average molecular weight is 239 g/mol. The molecule has 0 aliphatic heterocycles. The van der Waals surface area contributed by atoms with Gasteiger partial charge in [0.2, 0.25) is 0 Å². The van der Waals surface area contributed by atoms with Crippen LogP contribution in [-0.4, -0.2) is 9.97 Å². The van der Waals surface area contributed by atoms with Gasteiger partial charge in [0.15, 0.2) is 0 Å². The van der Waals surface area contributed by atoms with Crippen molar-refractivity contribution in [2.24, 2.45) is 0 Å². The minimum atomic E-state index is 0.516. The van der Waals surface area contributed by atoms with Gasteiger partial charge >= 0.3 is 0 Å². The van der Waals surface area contributed by atoms with E-state index in [1.807, 2.05) is 19.3 Å². The molecule has 2 aromatic rings. The predicted molar refractivity (Wildman–Crippen MR) is 64.4 cm³/mol. The molecule has 78 valence electrons. The zero-order valence-corrected chi connectivity index (χ0v) is 10.2. The van der Waals surface area contributed by atoms with Crippen molar-refractivity contribution in [3.63, 3.8) is 0 Å². The standard InChI is InChI=1S/C11H11ClN2S/c1-7-3-8(2)10(13-5-7)11-14-6-9(4-12)15-11/h3,5-6H,4H2,1-2H3. The maximum atomic E-state index is 5.74. The van der Waals surface area contributed by atoms with E-state index in [2.05, 4.69) is 23.0 Å². The van der Waals surface area contributed by atoms with E-state index < -0.39 is 0 Å². The van der Waals surface area contributed by atoms with Crippen molar-refractivity contribution < 1.29 is 0 Å². The van der Waals surface area contributed by atoms with Crippen LogP contribution in [0.5, 0.6) is 0 Å². The topological polar surface area (TPSA) is 25.8 Å². The van der Waals surface area contributed by atoms with Crippen LogP contribution in [0.3, 0.4) is 0 Å². The molecular formula is C11H11ClN2S. The van der Waals surface area contributed by atoms with E-state index in [4.69, 9.17) is 11.6 Å². The van der Waals surface area contributed by atoms with E-state index in [0.717, 1.165) is 21.1 Å². The third-order valence-electron chi connectivity index (χ3n) is 2.10. The zero-order valence-electron chi connectivity index (χ0n) is 8.62. The number of halogens is 1. The third kappa shape index (κ3) is 2.19. The molecule has 0 aliphatic rings. The molecule has 0 unspecified atom stereocenters. The second-order valence-electron chi connectivity index (χ2n) is 3.44. The Morgan fingerprint density at radius 2 is 2.07 bits per heavy atom. The summed E-state index contributed by atoms with van der Waals surface area (Å²) in [7, 11) is 0. The van der Waals surface area contributed by atoms with Gasteiger partial charge in [-0.05, 0) is 25.0 Å². The molecule has 0 aromatic carbocycles. The Labute approximate surface area is 98.0 Å². The van der Waals surface area contributed by atoms with Crippen molar-refractivity contribution in [2.45, 2.75) is 19.7 Å². The summed E-state index contributed by atoms with van der Waals surface area (Å²) >= 11 is 7.34. The molecule has 15 heavy (non-hydrogen) atoms. The lowest BCUT2D eigenvalue weighted by atomic mass is 10.2. The van der Waals surface area contributed by atoms with Gasteiger partial charge in [0, 0.05) is 17.3 Å². The van der Waals surface area contributed by atoms with Gasteiger partial charge in [-0.15, -0.1) is 22.9 Å². The molecule has 0 aliphatic carbocycles. The molecule has 2 nitrogen and oxygen atoms in total. The summed E-state index contributed by atoms with van der Waals surface area (Å²) in [5.41, 5.74) is 3.29. The molecule has 0 saturated heterocycles. The van der Waals surface area contributed by atoms with Crippen LogP contribution in [0.25, 0.3) is 10.7 Å². The van der Waals surface area contributed by atoms with Gasteiger partial charge in [0.1, 0.15) is 10.7 Å². The van der Waals surface area contributed by atoms with Crippen molar-refractivity contribution in [1.82, 2.24) is 9.97 Å². The lowest BCUT2D eigenvalue weighted by Crippen LogP contribution is -1.88. The Morgan fingerprint density at radius 3 is 2.67 bits per heavy atom. The normalized spacial score (nSPS) is 10.6. The summed E-state index contributed by atoms with van der Waals surface area (Å²) in [5, 5.41) is 0.947. The summed E-state index contributed by atoms with van der Waals surface area (Å²) in [6, 6.07) is 2.12. The van der Waals surface area contributed by atoms with Crippen LogP contribution in [0.4, 0.5) is 0 Å². The van der Waals surface area contributed by atoms with Crippen LogP contribution in [0.15, 0.2) is 18.5 Å². The molecule has 0 spiro atoms. The van der Waals surface area contributed by atoms with Gasteiger partial charge in [-0.2, -0.15) is 0 Å². The summed E-state index contributed by atoms with van der Waals surface area (Å²) in [6.45, 7) is 4.09. The number of pyridine rings is 1. The Kier molecular flexibility index (Phi) is 3.03. The monoisotopic (exact) mass is 238 g/mol. The van der Waals surface area contributed by atoms with Gasteiger partial charge in [-0.1, -0.05) is 6.07 Å². The highest BCUT2D eigenvalue weighted by molar-refractivity contribution is 7.15. The minimum absolute atomic E-state index is 0.516.